The van der Waals surface area contributed by atoms with Crippen LogP contribution in [0.4, 0.5) is 4.79 Å². The second kappa shape index (κ2) is 16.3. The van der Waals surface area contributed by atoms with Crippen molar-refractivity contribution >= 4 is 50.8 Å². The molecule has 2 aliphatic heterocycles. The average molecular weight is 828 g/mol. The number of pyridine rings is 1. The van der Waals surface area contributed by atoms with Crippen molar-refractivity contribution in [2.75, 3.05) is 20.3 Å². The third-order valence-electron chi connectivity index (χ3n) is 11.6. The summed E-state index contributed by atoms with van der Waals surface area (Å²) in [6.07, 6.45) is 6.51. The van der Waals surface area contributed by atoms with E-state index in [9.17, 15) is 27.6 Å². The molecule has 7 rings (SSSR count). The second-order valence-electron chi connectivity index (χ2n) is 17.3. The Morgan fingerprint density at radius 3 is 2.51 bits per heavy atom. The maximum Gasteiger partial charge on any atom is 0.407 e. The summed E-state index contributed by atoms with van der Waals surface area (Å²) in [5.74, 6) is -1.50. The molecule has 14 nitrogen and oxygen atoms in total. The number of cyclic esters (lactones) is 1. The number of benzene rings is 2. The number of carbonyl (C=O) groups excluding carboxylic acids is 4. The standard InChI is InChI=1S/C44H53N5O9S/c1-7-29-23-44(29,41(52)48-59(54,55)31-17-18-31)47-39(50)35-20-30-24-49(35)40(51)38(43(3,4)5)46-42(53)57-25-26(2)13-11-12-16-28-19-32-34(22-36(28)56-6)45-33(21-37(32)58-30)27-14-9-8-10-15-27/h7-10,12,14-16,19,21-22,26,29-31,35,38H,1,11,13,17-18,20,23-25H2,2-6H3,(H,46,53)(H,47,50)(H,48,52)/b16-12-/t26?,29-,30-,35+,38-,44-/m1/s1. The van der Waals surface area contributed by atoms with Crippen LogP contribution in [0.25, 0.3) is 28.2 Å². The van der Waals surface area contributed by atoms with Gasteiger partial charge in [-0.25, -0.2) is 18.2 Å². The van der Waals surface area contributed by atoms with Crippen molar-refractivity contribution in [3.05, 3.63) is 72.8 Å². The minimum Gasteiger partial charge on any atom is -0.496 e. The van der Waals surface area contributed by atoms with Crippen molar-refractivity contribution in [3.8, 4) is 22.8 Å². The van der Waals surface area contributed by atoms with Gasteiger partial charge in [-0.2, -0.15) is 0 Å². The number of fused-ring (bicyclic) bond motifs is 3. The number of hydrogen-bond donors (Lipinski definition) is 3. The Morgan fingerprint density at radius 1 is 1.10 bits per heavy atom. The average Bonchev–Trinajstić information content (AvgIpc) is 4.13. The number of nitrogens with one attached hydrogen (secondary N) is 3. The molecule has 4 aliphatic rings. The molecule has 4 amide bonds. The lowest BCUT2D eigenvalue weighted by Gasteiger charge is -2.35. The fourth-order valence-corrected chi connectivity index (χ4v) is 9.20. The van der Waals surface area contributed by atoms with Gasteiger partial charge in [0, 0.05) is 41.0 Å². The maximum atomic E-state index is 14.8. The van der Waals surface area contributed by atoms with Crippen molar-refractivity contribution in [1.29, 1.82) is 0 Å². The number of methoxy groups -OCH3 is 1. The number of sulfonamides is 1. The Kier molecular flexibility index (Phi) is 11.5. The molecule has 1 aromatic heterocycles. The highest BCUT2D eigenvalue weighted by Gasteiger charge is 2.62. The van der Waals surface area contributed by atoms with E-state index < -0.39 is 74.1 Å². The molecule has 1 saturated heterocycles. The summed E-state index contributed by atoms with van der Waals surface area (Å²) in [5.41, 5.74) is 0.496. The molecule has 3 fully saturated rings. The van der Waals surface area contributed by atoms with Gasteiger partial charge < -0.3 is 29.7 Å². The third-order valence-corrected chi connectivity index (χ3v) is 13.4. The number of rotatable bonds is 8. The quantitative estimate of drug-likeness (QED) is 0.245. The minimum absolute atomic E-state index is 0.00777. The van der Waals surface area contributed by atoms with E-state index in [1.807, 2.05) is 67.6 Å². The van der Waals surface area contributed by atoms with E-state index in [2.05, 4.69) is 21.9 Å². The molecule has 2 aliphatic carbocycles. The molecule has 3 heterocycles. The van der Waals surface area contributed by atoms with Gasteiger partial charge in [0.15, 0.2) is 0 Å². The molecule has 59 heavy (non-hydrogen) atoms. The molecule has 6 atom stereocenters. The Hall–Kier alpha value is -5.44. The van der Waals surface area contributed by atoms with Gasteiger partial charge in [0.2, 0.25) is 21.8 Å². The molecule has 314 valence electrons. The zero-order valence-electron chi connectivity index (χ0n) is 34.2. The van der Waals surface area contributed by atoms with Crippen LogP contribution >= 0.6 is 0 Å². The summed E-state index contributed by atoms with van der Waals surface area (Å²) < 4.78 is 46.1. The Balaban J connectivity index is 1.29. The first-order valence-electron chi connectivity index (χ1n) is 20.2. The Morgan fingerprint density at radius 2 is 1.85 bits per heavy atom. The fraction of sp³-hybridized carbons (Fsp3) is 0.477. The summed E-state index contributed by atoms with van der Waals surface area (Å²) in [4.78, 5) is 62.6. The largest absolute Gasteiger partial charge is 0.496 e. The number of nitrogens with zero attached hydrogens (tertiary/aromatic N) is 2. The summed E-state index contributed by atoms with van der Waals surface area (Å²) in [7, 11) is -2.32. The number of aromatic nitrogens is 1. The summed E-state index contributed by atoms with van der Waals surface area (Å²) in [5, 5.41) is 5.65. The predicted octanol–water partition coefficient (Wildman–Crippen LogP) is 5.51. The number of alkyl carbamates (subject to hydrolysis) is 1. The van der Waals surface area contributed by atoms with Crippen LogP contribution in [0.1, 0.15) is 71.8 Å². The van der Waals surface area contributed by atoms with Gasteiger partial charge in [-0.1, -0.05) is 76.3 Å². The predicted molar refractivity (Wildman–Crippen MR) is 223 cm³/mol. The van der Waals surface area contributed by atoms with Crippen LogP contribution in [0.5, 0.6) is 11.5 Å². The SMILES string of the molecule is C=C[C@@H]1C[C@]1(NC(=O)[C@@H]1C[C@@H]2CN1C(=O)[C@H](C(C)(C)C)NC(=O)OCC(C)CC/C=C\c1cc3c(cc(-c4ccccc4)nc3cc1OC)O2)C(=O)NS(=O)(=O)C1CC1. The molecule has 2 saturated carbocycles. The molecular weight excluding hydrogens is 775 g/mol. The van der Waals surface area contributed by atoms with Crippen molar-refractivity contribution in [2.24, 2.45) is 17.3 Å². The fourth-order valence-electron chi connectivity index (χ4n) is 7.84. The van der Waals surface area contributed by atoms with Crippen LogP contribution < -0.4 is 24.8 Å². The van der Waals surface area contributed by atoms with E-state index in [4.69, 9.17) is 19.2 Å². The van der Waals surface area contributed by atoms with Crippen molar-refractivity contribution in [2.45, 2.75) is 95.2 Å². The van der Waals surface area contributed by atoms with Crippen LogP contribution in [0, 0.1) is 17.3 Å². The van der Waals surface area contributed by atoms with Crippen LogP contribution in [-0.4, -0.2) is 91.4 Å². The van der Waals surface area contributed by atoms with E-state index >= 15 is 0 Å². The lowest BCUT2D eigenvalue weighted by molar-refractivity contribution is -0.142. The molecule has 0 radical (unpaired) electrons. The molecular formula is C44H53N5O9S. The number of amides is 4. The van der Waals surface area contributed by atoms with E-state index in [1.54, 1.807) is 27.9 Å². The number of ether oxygens (including phenoxy) is 3. The first kappa shape index (κ1) is 41.7. The third kappa shape index (κ3) is 8.94. The highest BCUT2D eigenvalue weighted by atomic mass is 32.2. The van der Waals surface area contributed by atoms with Gasteiger partial charge in [-0.05, 0) is 49.5 Å². The molecule has 3 aromatic rings. The summed E-state index contributed by atoms with van der Waals surface area (Å²) in [6.45, 7) is 11.3. The van der Waals surface area contributed by atoms with Crippen molar-refractivity contribution < 1.29 is 41.8 Å². The molecule has 4 bridgehead atoms. The normalized spacial score (nSPS) is 26.9. The number of allylic oxidation sites excluding steroid dienone is 1. The molecule has 1 unspecified atom stereocenters. The van der Waals surface area contributed by atoms with Gasteiger partial charge in [-0.15, -0.1) is 6.58 Å². The Labute approximate surface area is 345 Å². The van der Waals surface area contributed by atoms with E-state index in [1.165, 1.54) is 11.0 Å². The van der Waals surface area contributed by atoms with Crippen LogP contribution in [0.15, 0.2) is 67.3 Å². The molecule has 3 N–H and O–H groups in total. The van der Waals surface area contributed by atoms with Gasteiger partial charge in [0.1, 0.15) is 35.2 Å². The molecule has 0 spiro atoms. The van der Waals surface area contributed by atoms with Gasteiger partial charge in [0.05, 0.1) is 36.7 Å². The molecule has 2 aromatic carbocycles. The van der Waals surface area contributed by atoms with Crippen molar-refractivity contribution in [1.82, 2.24) is 25.2 Å². The zero-order chi connectivity index (χ0) is 42.3. The van der Waals surface area contributed by atoms with Gasteiger partial charge >= 0.3 is 6.09 Å². The maximum absolute atomic E-state index is 14.8. The molecule has 15 heteroatoms. The van der Waals surface area contributed by atoms with Crippen molar-refractivity contribution in [3.63, 3.8) is 0 Å². The smallest absolute Gasteiger partial charge is 0.407 e. The monoisotopic (exact) mass is 827 g/mol. The second-order valence-corrected chi connectivity index (χ2v) is 19.2. The topological polar surface area (TPSA) is 182 Å². The van der Waals surface area contributed by atoms with Crippen LogP contribution in [0.2, 0.25) is 0 Å². The van der Waals surface area contributed by atoms with Gasteiger partial charge in [-0.3, -0.25) is 19.1 Å². The lowest BCUT2D eigenvalue weighted by Crippen LogP contribution is -2.60. The lowest BCUT2D eigenvalue weighted by atomic mass is 9.85. The van der Waals surface area contributed by atoms with Crippen LogP contribution in [0.3, 0.4) is 0 Å². The highest BCUT2D eigenvalue weighted by Crippen LogP contribution is 2.46. The van der Waals surface area contributed by atoms with E-state index in [0.717, 1.165) is 17.5 Å². The summed E-state index contributed by atoms with van der Waals surface area (Å²) >= 11 is 0. The number of hydrogen-bond acceptors (Lipinski definition) is 10. The first-order valence-corrected chi connectivity index (χ1v) is 21.7. The highest BCUT2D eigenvalue weighted by molar-refractivity contribution is 7.91. The zero-order valence-corrected chi connectivity index (χ0v) is 35.0. The summed E-state index contributed by atoms with van der Waals surface area (Å²) in [6, 6.07) is 13.0. The first-order chi connectivity index (χ1) is 28.0. The Bertz CT molecular complexity index is 2290. The minimum atomic E-state index is -3.92. The van der Waals surface area contributed by atoms with Gasteiger partial charge in [0.25, 0.3) is 5.91 Å². The van der Waals surface area contributed by atoms with Crippen LogP contribution in [-0.2, 0) is 29.1 Å². The van der Waals surface area contributed by atoms with E-state index in [-0.39, 0.29) is 31.9 Å². The number of carbonyl (C=O) groups is 4. The van der Waals surface area contributed by atoms with E-state index in [0.29, 0.717) is 47.4 Å².